The molecule has 2 aromatic carbocycles. The fraction of sp³-hybridized carbons (Fsp3) is 0.304. The molecule has 29 heavy (non-hydrogen) atoms. The van der Waals surface area contributed by atoms with E-state index in [1.807, 2.05) is 18.7 Å². The van der Waals surface area contributed by atoms with Gasteiger partial charge in [0.1, 0.15) is 0 Å². The van der Waals surface area contributed by atoms with E-state index in [9.17, 15) is 19.2 Å². The van der Waals surface area contributed by atoms with E-state index in [-0.39, 0.29) is 33.8 Å². The van der Waals surface area contributed by atoms with Crippen LogP contribution in [0.25, 0.3) is 0 Å². The van der Waals surface area contributed by atoms with Crippen molar-refractivity contribution in [2.45, 2.75) is 19.4 Å². The lowest BCUT2D eigenvalue weighted by Gasteiger charge is -2.39. The predicted octanol–water partition coefficient (Wildman–Crippen LogP) is 2.59. The Labute approximate surface area is 168 Å². The first kappa shape index (κ1) is 19.4. The van der Waals surface area contributed by atoms with Crippen LogP contribution in [0.4, 0.5) is 0 Å². The molecule has 2 aromatic rings. The van der Waals surface area contributed by atoms with Crippen LogP contribution >= 0.6 is 0 Å². The summed E-state index contributed by atoms with van der Waals surface area (Å²) in [6, 6.07) is 10.7. The second kappa shape index (κ2) is 7.13. The molecule has 0 saturated carbocycles. The number of carbonyl (C=O) groups excluding carboxylic acids is 4. The van der Waals surface area contributed by atoms with E-state index in [1.165, 1.54) is 18.2 Å². The molecule has 6 heteroatoms. The number of fused-ring (bicyclic) bond motifs is 2. The second-order valence-electron chi connectivity index (χ2n) is 7.78. The van der Waals surface area contributed by atoms with E-state index < -0.39 is 17.1 Å². The number of carbonyl (C=O) groups is 4. The first-order valence-corrected chi connectivity index (χ1v) is 9.57. The average molecular weight is 391 g/mol. The zero-order valence-electron chi connectivity index (χ0n) is 16.4. The van der Waals surface area contributed by atoms with E-state index in [4.69, 9.17) is 4.74 Å². The lowest BCUT2D eigenvalue weighted by Crippen LogP contribution is -2.54. The average Bonchev–Trinajstić information content (AvgIpc) is 2.84. The zero-order chi connectivity index (χ0) is 20.8. The van der Waals surface area contributed by atoms with Gasteiger partial charge in [-0.25, -0.2) is 0 Å². The fourth-order valence-electron chi connectivity index (χ4n) is 3.96. The number of hydrogen-bond acceptors (Lipinski definition) is 6. The molecule has 6 nitrogen and oxygen atoms in total. The first-order chi connectivity index (χ1) is 13.8. The first-order valence-electron chi connectivity index (χ1n) is 9.57. The third kappa shape index (κ3) is 3.14. The van der Waals surface area contributed by atoms with Crippen molar-refractivity contribution in [3.05, 3.63) is 70.3 Å². The van der Waals surface area contributed by atoms with Crippen LogP contribution in [-0.2, 0) is 4.74 Å². The minimum absolute atomic E-state index is 0.0140. The van der Waals surface area contributed by atoms with E-state index in [0.717, 1.165) is 0 Å². The summed E-state index contributed by atoms with van der Waals surface area (Å²) in [5.41, 5.74) is -0.0606. The Morgan fingerprint density at radius 1 is 0.828 bits per heavy atom. The summed E-state index contributed by atoms with van der Waals surface area (Å²) in [5.74, 6) is -2.06. The minimum atomic E-state index is -0.803. The summed E-state index contributed by atoms with van der Waals surface area (Å²) in [6.45, 7) is 6.05. The van der Waals surface area contributed by atoms with Gasteiger partial charge in [-0.05, 0) is 26.0 Å². The summed E-state index contributed by atoms with van der Waals surface area (Å²) in [7, 11) is 0. The van der Waals surface area contributed by atoms with Gasteiger partial charge in [0.2, 0.25) is 11.6 Å². The Balaban J connectivity index is 1.76. The van der Waals surface area contributed by atoms with Crippen molar-refractivity contribution in [1.29, 1.82) is 0 Å². The zero-order valence-corrected chi connectivity index (χ0v) is 16.4. The molecule has 0 aromatic heterocycles. The standard InChI is InChI=1S/C23H21NO5/c1-23(2,24-9-11-29-12-10-24)22(28)14-7-8-17-18(13-14)21(27)20(26)16-6-4-3-5-15(16)19(17)25/h3-8,13H,9-12H2,1-2H3. The Morgan fingerprint density at radius 2 is 1.38 bits per heavy atom. The number of benzene rings is 2. The van der Waals surface area contributed by atoms with Gasteiger partial charge in [0.05, 0.1) is 18.8 Å². The molecule has 1 saturated heterocycles. The van der Waals surface area contributed by atoms with Gasteiger partial charge < -0.3 is 4.74 Å². The van der Waals surface area contributed by atoms with Gasteiger partial charge in [-0.3, -0.25) is 24.1 Å². The SMILES string of the molecule is CC(C)(C(=O)c1ccc2c(c1)C(=O)C(=O)c1ccccc1C2=O)N1CCOCC1. The van der Waals surface area contributed by atoms with Crippen LogP contribution in [0.5, 0.6) is 0 Å². The maximum Gasteiger partial charge on any atom is 0.234 e. The molecule has 1 fully saturated rings. The van der Waals surface area contributed by atoms with Crippen molar-refractivity contribution < 1.29 is 23.9 Å². The van der Waals surface area contributed by atoms with Crippen LogP contribution in [0.1, 0.15) is 60.8 Å². The molecule has 0 radical (unpaired) electrons. The van der Waals surface area contributed by atoms with Gasteiger partial charge in [-0.1, -0.05) is 30.3 Å². The quantitative estimate of drug-likeness (QED) is 0.591. The normalized spacial score (nSPS) is 17.5. The van der Waals surface area contributed by atoms with E-state index in [1.54, 1.807) is 24.3 Å². The molecular formula is C23H21NO5. The fourth-order valence-corrected chi connectivity index (χ4v) is 3.96. The van der Waals surface area contributed by atoms with Gasteiger partial charge in [-0.15, -0.1) is 0 Å². The van der Waals surface area contributed by atoms with E-state index >= 15 is 0 Å². The van der Waals surface area contributed by atoms with Crippen molar-refractivity contribution in [3.8, 4) is 0 Å². The number of Topliss-reactive ketones (excluding diaryl/α,β-unsaturated/α-hetero) is 3. The summed E-state index contributed by atoms with van der Waals surface area (Å²) >= 11 is 0. The van der Waals surface area contributed by atoms with Crippen LogP contribution in [0.3, 0.4) is 0 Å². The highest BCUT2D eigenvalue weighted by Crippen LogP contribution is 2.28. The molecular weight excluding hydrogens is 370 g/mol. The smallest absolute Gasteiger partial charge is 0.234 e. The van der Waals surface area contributed by atoms with Crippen LogP contribution in [-0.4, -0.2) is 59.9 Å². The Bertz CT molecular complexity index is 1050. The van der Waals surface area contributed by atoms with Crippen molar-refractivity contribution in [3.63, 3.8) is 0 Å². The summed E-state index contributed by atoms with van der Waals surface area (Å²) in [4.78, 5) is 53.7. The lowest BCUT2D eigenvalue weighted by atomic mass is 9.88. The van der Waals surface area contributed by atoms with Crippen LogP contribution < -0.4 is 0 Å². The molecule has 4 rings (SSSR count). The molecule has 0 unspecified atom stereocenters. The molecule has 2 aliphatic rings. The minimum Gasteiger partial charge on any atom is -0.379 e. The summed E-state index contributed by atoms with van der Waals surface area (Å²) in [5, 5.41) is 0. The van der Waals surface area contributed by atoms with Crippen LogP contribution in [0.15, 0.2) is 42.5 Å². The Morgan fingerprint density at radius 3 is 2.03 bits per heavy atom. The highest BCUT2D eigenvalue weighted by Gasteiger charge is 2.38. The van der Waals surface area contributed by atoms with Crippen LogP contribution in [0.2, 0.25) is 0 Å². The number of rotatable bonds is 3. The Kier molecular flexibility index (Phi) is 4.76. The third-order valence-electron chi connectivity index (χ3n) is 5.75. The number of ether oxygens (including phenoxy) is 1. The lowest BCUT2D eigenvalue weighted by molar-refractivity contribution is -0.00430. The van der Waals surface area contributed by atoms with Gasteiger partial charge in [-0.2, -0.15) is 0 Å². The van der Waals surface area contributed by atoms with E-state index in [2.05, 4.69) is 0 Å². The number of ketones is 4. The molecule has 1 aliphatic carbocycles. The highest BCUT2D eigenvalue weighted by molar-refractivity contribution is 6.53. The van der Waals surface area contributed by atoms with Gasteiger partial charge in [0.15, 0.2) is 11.6 Å². The van der Waals surface area contributed by atoms with Crippen molar-refractivity contribution in [2.75, 3.05) is 26.3 Å². The molecule has 0 spiro atoms. The van der Waals surface area contributed by atoms with Crippen molar-refractivity contribution in [2.24, 2.45) is 0 Å². The van der Waals surface area contributed by atoms with Crippen LogP contribution in [0, 0.1) is 0 Å². The largest absolute Gasteiger partial charge is 0.379 e. The second-order valence-corrected chi connectivity index (χ2v) is 7.78. The third-order valence-corrected chi connectivity index (χ3v) is 5.75. The van der Waals surface area contributed by atoms with Crippen molar-refractivity contribution in [1.82, 2.24) is 4.90 Å². The van der Waals surface area contributed by atoms with Gasteiger partial charge >= 0.3 is 0 Å². The number of nitrogens with zero attached hydrogens (tertiary/aromatic N) is 1. The highest BCUT2D eigenvalue weighted by atomic mass is 16.5. The Hall–Kier alpha value is -2.96. The topological polar surface area (TPSA) is 80.8 Å². The maximum atomic E-state index is 13.3. The monoisotopic (exact) mass is 391 g/mol. The molecule has 148 valence electrons. The molecule has 0 bridgehead atoms. The molecule has 0 atom stereocenters. The summed E-state index contributed by atoms with van der Waals surface area (Å²) < 4.78 is 5.36. The molecule has 0 N–H and O–H groups in total. The number of hydrogen-bond donors (Lipinski definition) is 0. The predicted molar refractivity (Wildman–Crippen MR) is 106 cm³/mol. The van der Waals surface area contributed by atoms with E-state index in [0.29, 0.717) is 31.9 Å². The molecule has 1 aliphatic heterocycles. The van der Waals surface area contributed by atoms with Gasteiger partial charge in [0, 0.05) is 40.9 Å². The van der Waals surface area contributed by atoms with Crippen molar-refractivity contribution >= 4 is 23.1 Å². The van der Waals surface area contributed by atoms with Gasteiger partial charge in [0.25, 0.3) is 0 Å². The molecule has 1 heterocycles. The molecule has 0 amide bonds. The number of morpholine rings is 1. The maximum absolute atomic E-state index is 13.3. The summed E-state index contributed by atoms with van der Waals surface area (Å²) in [6.07, 6.45) is 0.